The predicted octanol–water partition coefficient (Wildman–Crippen LogP) is 2.94. The Bertz CT molecular complexity index is 613. The number of nitrogen functional groups attached to an aromatic ring is 2. The van der Waals surface area contributed by atoms with Crippen LogP contribution in [0.15, 0.2) is 34.3 Å². The van der Waals surface area contributed by atoms with Crippen molar-refractivity contribution in [3.05, 3.63) is 34.9 Å². The van der Waals surface area contributed by atoms with Gasteiger partial charge in [-0.2, -0.15) is 0 Å². The molecule has 5 nitrogen and oxygen atoms in total. The maximum atomic E-state index is 6.08. The van der Waals surface area contributed by atoms with Gasteiger partial charge in [-0.1, -0.05) is 31.5 Å². The molecule has 2 rings (SSSR count). The number of anilines is 2. The molecule has 0 saturated heterocycles. The number of halogens is 1. The van der Waals surface area contributed by atoms with Gasteiger partial charge in [0, 0.05) is 28.6 Å². The molecule has 2 aromatic rings. The van der Waals surface area contributed by atoms with E-state index >= 15 is 0 Å². The molecule has 0 spiro atoms. The lowest BCUT2D eigenvalue weighted by atomic mass is 10.2. The Morgan fingerprint density at radius 3 is 2.48 bits per heavy atom. The smallest absolute Gasteiger partial charge is 0.196 e. The minimum absolute atomic E-state index is 0.355. The number of rotatable bonds is 5. The van der Waals surface area contributed by atoms with Crippen LogP contribution in [-0.4, -0.2) is 16.0 Å². The summed E-state index contributed by atoms with van der Waals surface area (Å²) in [5.74, 6) is 0.711. The first-order valence-corrected chi connectivity index (χ1v) is 7.73. The Morgan fingerprint density at radius 1 is 1.19 bits per heavy atom. The van der Waals surface area contributed by atoms with E-state index in [0.717, 1.165) is 17.0 Å². The first-order valence-electron chi connectivity index (χ1n) is 6.53. The zero-order chi connectivity index (χ0) is 15.4. The number of nitrogens with one attached hydrogen (secondary N) is 1. The van der Waals surface area contributed by atoms with E-state index in [0.29, 0.717) is 27.9 Å². The summed E-state index contributed by atoms with van der Waals surface area (Å²) in [4.78, 5) is 9.35. The van der Waals surface area contributed by atoms with Crippen molar-refractivity contribution in [3.63, 3.8) is 0 Å². The van der Waals surface area contributed by atoms with Crippen LogP contribution in [0, 0.1) is 0 Å². The van der Waals surface area contributed by atoms with Crippen molar-refractivity contribution in [2.45, 2.75) is 36.5 Å². The van der Waals surface area contributed by atoms with Crippen molar-refractivity contribution in [2.24, 2.45) is 0 Å². The predicted molar refractivity (Wildman–Crippen MR) is 88.4 cm³/mol. The Morgan fingerprint density at radius 2 is 1.86 bits per heavy atom. The van der Waals surface area contributed by atoms with Crippen molar-refractivity contribution < 1.29 is 0 Å². The molecule has 0 atom stereocenters. The summed E-state index contributed by atoms with van der Waals surface area (Å²) in [6.45, 7) is 4.95. The second-order valence-electron chi connectivity index (χ2n) is 4.89. The zero-order valence-electron chi connectivity index (χ0n) is 11.9. The molecule has 0 aliphatic carbocycles. The van der Waals surface area contributed by atoms with E-state index in [2.05, 4.69) is 29.1 Å². The first kappa shape index (κ1) is 15.9. The molecule has 1 aromatic heterocycles. The fraction of sp³-hybridized carbons (Fsp3) is 0.286. The molecular formula is C14H18ClN5S. The highest BCUT2D eigenvalue weighted by Gasteiger charge is 2.09. The SMILES string of the molecule is CC(C)NCc1ccc(Cl)cc1Sc1nc(N)cc(N)n1. The maximum absolute atomic E-state index is 6.08. The van der Waals surface area contributed by atoms with Crippen LogP contribution in [0.3, 0.4) is 0 Å². The van der Waals surface area contributed by atoms with E-state index in [1.54, 1.807) is 0 Å². The third kappa shape index (κ3) is 4.77. The van der Waals surface area contributed by atoms with Crippen LogP contribution < -0.4 is 16.8 Å². The lowest BCUT2D eigenvalue weighted by Crippen LogP contribution is -2.22. The summed E-state index contributed by atoms with van der Waals surface area (Å²) in [5, 5.41) is 4.57. The van der Waals surface area contributed by atoms with Gasteiger partial charge in [0.05, 0.1) is 0 Å². The molecule has 0 bridgehead atoms. The summed E-state index contributed by atoms with van der Waals surface area (Å²) in [6.07, 6.45) is 0. The van der Waals surface area contributed by atoms with Crippen molar-refractivity contribution in [1.82, 2.24) is 15.3 Å². The third-order valence-electron chi connectivity index (χ3n) is 2.68. The van der Waals surface area contributed by atoms with Crippen LogP contribution in [0.5, 0.6) is 0 Å². The molecule has 0 saturated carbocycles. The maximum Gasteiger partial charge on any atom is 0.196 e. The number of nitrogens with two attached hydrogens (primary N) is 2. The van der Waals surface area contributed by atoms with Crippen LogP contribution in [-0.2, 0) is 6.54 Å². The summed E-state index contributed by atoms with van der Waals surface area (Å²) >= 11 is 7.49. The average Bonchev–Trinajstić information content (AvgIpc) is 2.36. The molecule has 0 unspecified atom stereocenters. The second kappa shape index (κ2) is 6.98. The quantitative estimate of drug-likeness (QED) is 0.733. The van der Waals surface area contributed by atoms with E-state index in [1.807, 2.05) is 18.2 Å². The lowest BCUT2D eigenvalue weighted by molar-refractivity contribution is 0.584. The van der Waals surface area contributed by atoms with Crippen molar-refractivity contribution in [2.75, 3.05) is 11.5 Å². The minimum atomic E-state index is 0.355. The Hall–Kier alpha value is -1.50. The minimum Gasteiger partial charge on any atom is -0.383 e. The highest BCUT2D eigenvalue weighted by Crippen LogP contribution is 2.31. The van der Waals surface area contributed by atoms with Gasteiger partial charge in [-0.15, -0.1) is 0 Å². The van der Waals surface area contributed by atoms with E-state index in [1.165, 1.54) is 17.8 Å². The molecule has 1 heterocycles. The summed E-state index contributed by atoms with van der Waals surface area (Å²) in [7, 11) is 0. The van der Waals surface area contributed by atoms with Crippen LogP contribution in [0.1, 0.15) is 19.4 Å². The Labute approximate surface area is 133 Å². The standard InChI is InChI=1S/C14H18ClN5S/c1-8(2)18-7-9-3-4-10(15)5-11(9)21-14-19-12(16)6-13(17)20-14/h3-6,8,18H,7H2,1-2H3,(H4,16,17,19,20). The Balaban J connectivity index is 2.26. The highest BCUT2D eigenvalue weighted by atomic mass is 35.5. The van der Waals surface area contributed by atoms with E-state index in [-0.39, 0.29) is 0 Å². The van der Waals surface area contributed by atoms with Gasteiger partial charge in [-0.05, 0) is 29.5 Å². The van der Waals surface area contributed by atoms with Crippen LogP contribution in [0.4, 0.5) is 11.6 Å². The van der Waals surface area contributed by atoms with E-state index < -0.39 is 0 Å². The van der Waals surface area contributed by atoms with Crippen molar-refractivity contribution in [3.8, 4) is 0 Å². The fourth-order valence-corrected chi connectivity index (χ4v) is 2.88. The molecule has 0 aliphatic rings. The average molecular weight is 324 g/mol. The Kier molecular flexibility index (Phi) is 5.27. The molecule has 21 heavy (non-hydrogen) atoms. The van der Waals surface area contributed by atoms with Gasteiger partial charge < -0.3 is 16.8 Å². The molecule has 0 fully saturated rings. The molecule has 112 valence electrons. The largest absolute Gasteiger partial charge is 0.383 e. The molecular weight excluding hydrogens is 306 g/mol. The molecule has 1 aromatic carbocycles. The first-order chi connectivity index (χ1) is 9.94. The summed E-state index contributed by atoms with van der Waals surface area (Å²) < 4.78 is 0. The van der Waals surface area contributed by atoms with Crippen molar-refractivity contribution in [1.29, 1.82) is 0 Å². The van der Waals surface area contributed by atoms with Gasteiger partial charge >= 0.3 is 0 Å². The number of benzene rings is 1. The number of nitrogens with zero attached hydrogens (tertiary/aromatic N) is 2. The number of aromatic nitrogens is 2. The normalized spacial score (nSPS) is 11.0. The molecule has 7 heteroatoms. The summed E-state index contributed by atoms with van der Waals surface area (Å²) in [5.41, 5.74) is 12.5. The van der Waals surface area contributed by atoms with Crippen LogP contribution in [0.25, 0.3) is 0 Å². The number of hydrogen-bond donors (Lipinski definition) is 3. The fourth-order valence-electron chi connectivity index (χ4n) is 1.69. The third-order valence-corrected chi connectivity index (χ3v) is 3.88. The highest BCUT2D eigenvalue weighted by molar-refractivity contribution is 7.99. The van der Waals surface area contributed by atoms with Gasteiger partial charge in [-0.25, -0.2) is 9.97 Å². The van der Waals surface area contributed by atoms with Crippen LogP contribution in [0.2, 0.25) is 5.02 Å². The van der Waals surface area contributed by atoms with Crippen LogP contribution >= 0.6 is 23.4 Å². The van der Waals surface area contributed by atoms with E-state index in [9.17, 15) is 0 Å². The second-order valence-corrected chi connectivity index (χ2v) is 6.34. The van der Waals surface area contributed by atoms with Crippen molar-refractivity contribution >= 4 is 35.0 Å². The van der Waals surface area contributed by atoms with Gasteiger partial charge in [0.1, 0.15) is 11.6 Å². The van der Waals surface area contributed by atoms with Gasteiger partial charge in [0.15, 0.2) is 5.16 Å². The molecule has 0 amide bonds. The molecule has 0 radical (unpaired) electrons. The van der Waals surface area contributed by atoms with E-state index in [4.69, 9.17) is 23.1 Å². The van der Waals surface area contributed by atoms with Gasteiger partial charge in [-0.3, -0.25) is 0 Å². The lowest BCUT2D eigenvalue weighted by Gasteiger charge is -2.12. The number of hydrogen-bond acceptors (Lipinski definition) is 6. The zero-order valence-corrected chi connectivity index (χ0v) is 13.5. The topological polar surface area (TPSA) is 89.8 Å². The van der Waals surface area contributed by atoms with Gasteiger partial charge in [0.25, 0.3) is 0 Å². The summed E-state index contributed by atoms with van der Waals surface area (Å²) in [6, 6.07) is 7.70. The molecule has 5 N–H and O–H groups in total. The monoisotopic (exact) mass is 323 g/mol. The molecule has 0 aliphatic heterocycles. The van der Waals surface area contributed by atoms with Gasteiger partial charge in [0.2, 0.25) is 0 Å².